The molecular formula is C32H38O14. The molecule has 0 spiro atoms. The van der Waals surface area contributed by atoms with Crippen LogP contribution in [0.2, 0.25) is 0 Å². The van der Waals surface area contributed by atoms with Gasteiger partial charge < -0.3 is 35.7 Å². The zero-order valence-electron chi connectivity index (χ0n) is 25.2. The van der Waals surface area contributed by atoms with Crippen LogP contribution >= 0.6 is 0 Å². The minimum atomic E-state index is -2.26. The van der Waals surface area contributed by atoms with Gasteiger partial charge in [0.15, 0.2) is 0 Å². The SMILES string of the molecule is CCCCC/C=C\C/C=C\C/C=C\C/C=C\CCCC(=O)O.O=C(O)c1c(C(=O)O)c(C(=O)O)c(C(=O)O)c(C(=O)O)c1C(=O)O. The second-order valence-corrected chi connectivity index (χ2v) is 9.46. The second-order valence-electron chi connectivity index (χ2n) is 9.46. The van der Waals surface area contributed by atoms with Crippen molar-refractivity contribution in [2.45, 2.75) is 71.1 Å². The molecule has 0 unspecified atom stereocenters. The molecule has 0 saturated heterocycles. The number of aliphatic carboxylic acids is 1. The summed E-state index contributed by atoms with van der Waals surface area (Å²) in [6.07, 6.45) is 27.3. The summed E-state index contributed by atoms with van der Waals surface area (Å²) in [6, 6.07) is 0. The molecule has 0 fully saturated rings. The fraction of sp³-hybridized carbons (Fsp3) is 0.344. The van der Waals surface area contributed by atoms with Crippen molar-refractivity contribution in [1.82, 2.24) is 0 Å². The Bertz CT molecular complexity index is 1200. The molecule has 0 bridgehead atoms. The van der Waals surface area contributed by atoms with Crippen molar-refractivity contribution < 1.29 is 69.3 Å². The van der Waals surface area contributed by atoms with E-state index in [0.29, 0.717) is 0 Å². The van der Waals surface area contributed by atoms with E-state index < -0.39 is 75.2 Å². The third-order valence-corrected chi connectivity index (χ3v) is 6.00. The van der Waals surface area contributed by atoms with Gasteiger partial charge in [-0.05, 0) is 44.9 Å². The zero-order valence-corrected chi connectivity index (χ0v) is 25.2. The summed E-state index contributed by atoms with van der Waals surface area (Å²) in [7, 11) is 0. The number of hydrogen-bond donors (Lipinski definition) is 7. The molecule has 1 rings (SSSR count). The molecule has 0 radical (unpaired) electrons. The predicted octanol–water partition coefficient (Wildman–Crippen LogP) is 6.09. The standard InChI is InChI=1S/C20H32O2.C12H6O12/c1-2-3-4-5-6-7-8-9-10-11-12-13-14-15-16-17-18-19-20(21)22;13-7(14)1-2(8(15)16)4(10(19)20)6(12(23)24)5(11(21)22)3(1)9(17)18/h6-7,9-10,12-13,15-16H,2-5,8,11,14,17-19H2,1H3,(H,21,22);(H,13,14)(H,15,16)(H,17,18)(H,19,20)(H,21,22)(H,23,24)/b7-6-,10-9-,13-12-,16-15-;. The van der Waals surface area contributed by atoms with Crippen molar-refractivity contribution in [2.75, 3.05) is 0 Å². The highest BCUT2D eigenvalue weighted by molar-refractivity contribution is 6.22. The molecule has 14 heteroatoms. The van der Waals surface area contributed by atoms with Crippen molar-refractivity contribution in [3.05, 3.63) is 82.0 Å². The number of aromatic carboxylic acids is 6. The first-order chi connectivity index (χ1) is 21.7. The van der Waals surface area contributed by atoms with Crippen LogP contribution in [0.1, 0.15) is 133 Å². The maximum absolute atomic E-state index is 11.2. The number of hydrogen-bond acceptors (Lipinski definition) is 7. The normalized spacial score (nSPS) is 11.2. The van der Waals surface area contributed by atoms with Crippen LogP contribution in [0.5, 0.6) is 0 Å². The fourth-order valence-corrected chi connectivity index (χ4v) is 3.97. The van der Waals surface area contributed by atoms with Gasteiger partial charge in [0.25, 0.3) is 0 Å². The van der Waals surface area contributed by atoms with E-state index in [0.717, 1.165) is 32.1 Å². The number of benzene rings is 1. The third kappa shape index (κ3) is 14.3. The van der Waals surface area contributed by atoms with Gasteiger partial charge >= 0.3 is 41.8 Å². The molecule has 0 aliphatic rings. The molecule has 0 amide bonds. The van der Waals surface area contributed by atoms with E-state index in [1.54, 1.807) is 0 Å². The lowest BCUT2D eigenvalue weighted by Gasteiger charge is -2.15. The van der Waals surface area contributed by atoms with Crippen molar-refractivity contribution in [1.29, 1.82) is 0 Å². The number of carbonyl (C=O) groups is 7. The summed E-state index contributed by atoms with van der Waals surface area (Å²) in [6.45, 7) is 2.23. The van der Waals surface area contributed by atoms with Crippen LogP contribution < -0.4 is 0 Å². The van der Waals surface area contributed by atoms with Gasteiger partial charge in [-0.1, -0.05) is 68.4 Å². The maximum atomic E-state index is 11.2. The van der Waals surface area contributed by atoms with Crippen LogP contribution in [0.3, 0.4) is 0 Å². The Hall–Kier alpha value is -5.53. The molecule has 1 aromatic carbocycles. The highest BCUT2D eigenvalue weighted by atomic mass is 16.4. The fourth-order valence-electron chi connectivity index (χ4n) is 3.97. The highest BCUT2D eigenvalue weighted by Gasteiger charge is 2.40. The summed E-state index contributed by atoms with van der Waals surface area (Å²) in [5, 5.41) is 62.7. The molecule has 0 aliphatic carbocycles. The average Bonchev–Trinajstić information content (AvgIpc) is 2.96. The van der Waals surface area contributed by atoms with E-state index in [1.807, 2.05) is 0 Å². The van der Waals surface area contributed by atoms with Crippen LogP contribution in [0.4, 0.5) is 0 Å². The van der Waals surface area contributed by atoms with E-state index in [4.69, 9.17) is 35.7 Å². The molecule has 14 nitrogen and oxygen atoms in total. The quantitative estimate of drug-likeness (QED) is 0.0624. The molecule has 0 atom stereocenters. The van der Waals surface area contributed by atoms with Crippen LogP contribution in [0.15, 0.2) is 48.6 Å². The van der Waals surface area contributed by atoms with E-state index in [9.17, 15) is 33.6 Å². The smallest absolute Gasteiger partial charge is 0.337 e. The van der Waals surface area contributed by atoms with E-state index in [1.165, 1.54) is 25.7 Å². The number of carboxylic acid groups (broad SMARTS) is 7. The van der Waals surface area contributed by atoms with E-state index >= 15 is 0 Å². The second kappa shape index (κ2) is 22.0. The Kier molecular flexibility index (Phi) is 19.4. The lowest BCUT2D eigenvalue weighted by atomic mass is 9.86. The van der Waals surface area contributed by atoms with Crippen LogP contribution in [-0.2, 0) is 4.79 Å². The van der Waals surface area contributed by atoms with Gasteiger partial charge in [-0.3, -0.25) is 4.79 Å². The van der Waals surface area contributed by atoms with Gasteiger partial charge in [0, 0.05) is 6.42 Å². The molecule has 7 N–H and O–H groups in total. The van der Waals surface area contributed by atoms with Gasteiger partial charge in [-0.15, -0.1) is 0 Å². The molecule has 0 heterocycles. The van der Waals surface area contributed by atoms with Crippen molar-refractivity contribution >= 4 is 41.8 Å². The molecule has 0 saturated carbocycles. The summed E-state index contributed by atoms with van der Waals surface area (Å²) in [4.78, 5) is 77.6. The van der Waals surface area contributed by atoms with E-state index in [2.05, 4.69) is 55.5 Å². The summed E-state index contributed by atoms with van der Waals surface area (Å²) < 4.78 is 0. The lowest BCUT2D eigenvalue weighted by molar-refractivity contribution is -0.137. The molecule has 46 heavy (non-hydrogen) atoms. The molecule has 0 aliphatic heterocycles. The molecule has 250 valence electrons. The first-order valence-electron chi connectivity index (χ1n) is 14.2. The molecular weight excluding hydrogens is 608 g/mol. The summed E-state index contributed by atoms with van der Waals surface area (Å²) in [5.74, 6) is -14.3. The van der Waals surface area contributed by atoms with Crippen molar-refractivity contribution in [2.24, 2.45) is 0 Å². The van der Waals surface area contributed by atoms with Gasteiger partial charge in [-0.2, -0.15) is 0 Å². The Morgan fingerprint density at radius 1 is 0.413 bits per heavy atom. The number of carboxylic acids is 7. The Labute approximate surface area is 264 Å². The minimum absolute atomic E-state index is 0.262. The van der Waals surface area contributed by atoms with Gasteiger partial charge in [0.2, 0.25) is 0 Å². The number of allylic oxidation sites excluding steroid dienone is 8. The van der Waals surface area contributed by atoms with Gasteiger partial charge in [0.05, 0.1) is 33.4 Å². The minimum Gasteiger partial charge on any atom is -0.481 e. The van der Waals surface area contributed by atoms with E-state index in [-0.39, 0.29) is 6.42 Å². The average molecular weight is 647 g/mol. The first kappa shape index (κ1) is 40.5. The Morgan fingerprint density at radius 3 is 0.913 bits per heavy atom. The highest BCUT2D eigenvalue weighted by Crippen LogP contribution is 2.30. The predicted molar refractivity (Wildman–Crippen MR) is 164 cm³/mol. The number of unbranched alkanes of at least 4 members (excludes halogenated alkanes) is 4. The van der Waals surface area contributed by atoms with Gasteiger partial charge in [-0.25, -0.2) is 28.8 Å². The summed E-state index contributed by atoms with van der Waals surface area (Å²) in [5.41, 5.74) is -9.95. The Balaban J connectivity index is 0.000000885. The monoisotopic (exact) mass is 646 g/mol. The molecule has 0 aromatic heterocycles. The van der Waals surface area contributed by atoms with Crippen molar-refractivity contribution in [3.63, 3.8) is 0 Å². The molecule has 1 aromatic rings. The van der Waals surface area contributed by atoms with Gasteiger partial charge in [0.1, 0.15) is 0 Å². The maximum Gasteiger partial charge on any atom is 0.337 e. The topological polar surface area (TPSA) is 261 Å². The Morgan fingerprint density at radius 2 is 0.674 bits per heavy atom. The van der Waals surface area contributed by atoms with Crippen LogP contribution in [0.25, 0.3) is 0 Å². The third-order valence-electron chi connectivity index (χ3n) is 6.00. The first-order valence-corrected chi connectivity index (χ1v) is 14.2. The summed E-state index contributed by atoms with van der Waals surface area (Å²) >= 11 is 0. The van der Waals surface area contributed by atoms with Crippen LogP contribution in [0, 0.1) is 0 Å². The lowest BCUT2D eigenvalue weighted by Crippen LogP contribution is -2.27. The largest absolute Gasteiger partial charge is 0.481 e. The van der Waals surface area contributed by atoms with Crippen LogP contribution in [-0.4, -0.2) is 77.5 Å². The number of rotatable bonds is 20. The zero-order chi connectivity index (χ0) is 35.2. The van der Waals surface area contributed by atoms with Crippen molar-refractivity contribution in [3.8, 4) is 0 Å².